The van der Waals surface area contributed by atoms with E-state index in [9.17, 15) is 19.2 Å². The van der Waals surface area contributed by atoms with Gasteiger partial charge in [-0.15, -0.1) is 0 Å². The molecule has 1 aromatic heterocycles. The van der Waals surface area contributed by atoms with Crippen LogP contribution in [-0.2, 0) is 9.59 Å². The van der Waals surface area contributed by atoms with E-state index in [1.165, 1.54) is 18.5 Å². The van der Waals surface area contributed by atoms with Crippen molar-refractivity contribution in [2.45, 2.75) is 39.8 Å². The predicted octanol–water partition coefficient (Wildman–Crippen LogP) is 0.760. The third kappa shape index (κ3) is 5.54. The lowest BCUT2D eigenvalue weighted by Crippen LogP contribution is -2.45. The molecule has 0 unspecified atom stereocenters. The van der Waals surface area contributed by atoms with Crippen molar-refractivity contribution in [3.05, 3.63) is 29.6 Å². The van der Waals surface area contributed by atoms with Gasteiger partial charge in [-0.3, -0.25) is 14.6 Å². The van der Waals surface area contributed by atoms with Gasteiger partial charge in [-0.05, 0) is 17.9 Å². The second kappa shape index (κ2) is 8.93. The van der Waals surface area contributed by atoms with E-state index in [4.69, 9.17) is 10.2 Å². The van der Waals surface area contributed by atoms with Crippen molar-refractivity contribution in [3.63, 3.8) is 0 Å². The van der Waals surface area contributed by atoms with Gasteiger partial charge in [0.25, 0.3) is 11.8 Å². The molecule has 0 aromatic carbocycles. The SMILES string of the molecule is CC(C)[C@H](NC(=O)c1cncc(C(=O)N[C@H](C(=O)O)C(C)C)c1)C(=O)O. The van der Waals surface area contributed by atoms with Crippen LogP contribution in [-0.4, -0.2) is 51.0 Å². The van der Waals surface area contributed by atoms with Crippen LogP contribution in [0.1, 0.15) is 48.4 Å². The molecule has 0 aliphatic carbocycles. The van der Waals surface area contributed by atoms with Gasteiger partial charge in [-0.1, -0.05) is 27.7 Å². The van der Waals surface area contributed by atoms with Gasteiger partial charge in [0.2, 0.25) is 0 Å². The van der Waals surface area contributed by atoms with Gasteiger partial charge in [-0.2, -0.15) is 0 Å². The van der Waals surface area contributed by atoms with Crippen LogP contribution < -0.4 is 10.6 Å². The first-order chi connectivity index (χ1) is 12.0. The quantitative estimate of drug-likeness (QED) is 0.532. The van der Waals surface area contributed by atoms with Crippen LogP contribution >= 0.6 is 0 Å². The van der Waals surface area contributed by atoms with Gasteiger partial charge >= 0.3 is 11.9 Å². The van der Waals surface area contributed by atoms with Crippen molar-refractivity contribution in [3.8, 4) is 0 Å². The van der Waals surface area contributed by atoms with Gasteiger partial charge in [0, 0.05) is 12.4 Å². The summed E-state index contributed by atoms with van der Waals surface area (Å²) in [7, 11) is 0. The minimum atomic E-state index is -1.17. The number of carbonyl (C=O) groups excluding carboxylic acids is 2. The lowest BCUT2D eigenvalue weighted by molar-refractivity contribution is -0.141. The lowest BCUT2D eigenvalue weighted by Gasteiger charge is -2.19. The van der Waals surface area contributed by atoms with E-state index >= 15 is 0 Å². The van der Waals surface area contributed by atoms with E-state index in [2.05, 4.69) is 15.6 Å². The number of carbonyl (C=O) groups is 4. The van der Waals surface area contributed by atoms with E-state index in [0.29, 0.717) is 0 Å². The monoisotopic (exact) mass is 365 g/mol. The van der Waals surface area contributed by atoms with Crippen LogP contribution in [0, 0.1) is 11.8 Å². The minimum Gasteiger partial charge on any atom is -0.480 e. The maximum atomic E-state index is 12.2. The summed E-state index contributed by atoms with van der Waals surface area (Å²) in [4.78, 5) is 50.6. The number of pyridine rings is 1. The topological polar surface area (TPSA) is 146 Å². The predicted molar refractivity (Wildman–Crippen MR) is 91.7 cm³/mol. The molecule has 1 heterocycles. The molecule has 0 fully saturated rings. The fourth-order valence-electron chi connectivity index (χ4n) is 2.16. The Morgan fingerprint density at radius 1 is 0.808 bits per heavy atom. The molecule has 0 saturated heterocycles. The van der Waals surface area contributed by atoms with E-state index in [0.717, 1.165) is 0 Å². The van der Waals surface area contributed by atoms with Gasteiger partial charge in [0.05, 0.1) is 11.1 Å². The summed E-state index contributed by atoms with van der Waals surface area (Å²) >= 11 is 0. The number of aromatic nitrogens is 1. The highest BCUT2D eigenvalue weighted by molar-refractivity contribution is 6.01. The Kier molecular flexibility index (Phi) is 7.24. The van der Waals surface area contributed by atoms with Crippen molar-refractivity contribution in [1.29, 1.82) is 0 Å². The molecule has 9 nitrogen and oxygen atoms in total. The standard InChI is InChI=1S/C17H23N3O6/c1-8(2)12(16(23)24)19-14(21)10-5-11(7-18-6-10)15(22)20-13(9(3)4)17(25)26/h5-9,12-13H,1-4H3,(H,19,21)(H,20,22)(H,23,24)(H,25,26)/t12-,13-/m0/s1. The highest BCUT2D eigenvalue weighted by Crippen LogP contribution is 2.08. The van der Waals surface area contributed by atoms with Gasteiger partial charge in [0.15, 0.2) is 0 Å². The molecule has 1 rings (SSSR count). The van der Waals surface area contributed by atoms with Crippen molar-refractivity contribution in [2.75, 3.05) is 0 Å². The Bertz CT molecular complexity index is 646. The van der Waals surface area contributed by atoms with Crippen LogP contribution in [0.15, 0.2) is 18.5 Å². The van der Waals surface area contributed by atoms with E-state index in [-0.39, 0.29) is 23.0 Å². The normalized spacial score (nSPS) is 13.2. The van der Waals surface area contributed by atoms with Gasteiger partial charge < -0.3 is 20.8 Å². The molecule has 2 amide bonds. The molecule has 9 heteroatoms. The Morgan fingerprint density at radius 2 is 1.15 bits per heavy atom. The van der Waals surface area contributed by atoms with E-state index < -0.39 is 35.8 Å². The Morgan fingerprint density at radius 3 is 1.42 bits per heavy atom. The lowest BCUT2D eigenvalue weighted by atomic mass is 10.0. The third-order valence-electron chi connectivity index (χ3n) is 3.70. The second-order valence-electron chi connectivity index (χ2n) is 6.53. The zero-order valence-corrected chi connectivity index (χ0v) is 15.0. The number of hydrogen-bond acceptors (Lipinski definition) is 5. The zero-order chi connectivity index (χ0) is 20.0. The number of nitrogens with zero attached hydrogens (tertiary/aromatic N) is 1. The Balaban J connectivity index is 2.96. The summed E-state index contributed by atoms with van der Waals surface area (Å²) in [5, 5.41) is 23.0. The largest absolute Gasteiger partial charge is 0.480 e. The molecule has 4 N–H and O–H groups in total. The minimum absolute atomic E-state index is 0.000900. The van der Waals surface area contributed by atoms with Crippen LogP contribution in [0.5, 0.6) is 0 Å². The van der Waals surface area contributed by atoms with Crippen molar-refractivity contribution in [1.82, 2.24) is 15.6 Å². The fraction of sp³-hybridized carbons (Fsp3) is 0.471. The molecule has 0 saturated carbocycles. The highest BCUT2D eigenvalue weighted by Gasteiger charge is 2.26. The number of aliphatic carboxylic acids is 2. The summed E-state index contributed by atoms with van der Waals surface area (Å²) in [6.07, 6.45) is 2.39. The molecule has 0 bridgehead atoms. The first kappa shape index (κ1) is 21.1. The Labute approximate surface area is 150 Å². The van der Waals surface area contributed by atoms with Gasteiger partial charge in [0.1, 0.15) is 12.1 Å². The van der Waals surface area contributed by atoms with Gasteiger partial charge in [-0.25, -0.2) is 9.59 Å². The zero-order valence-electron chi connectivity index (χ0n) is 15.0. The van der Waals surface area contributed by atoms with E-state index in [1.54, 1.807) is 27.7 Å². The van der Waals surface area contributed by atoms with Crippen LogP contribution in [0.4, 0.5) is 0 Å². The molecular weight excluding hydrogens is 342 g/mol. The van der Waals surface area contributed by atoms with Crippen molar-refractivity contribution < 1.29 is 29.4 Å². The summed E-state index contributed by atoms with van der Waals surface area (Å²) in [5.41, 5.74) is 0.00180. The average molecular weight is 365 g/mol. The molecule has 26 heavy (non-hydrogen) atoms. The van der Waals surface area contributed by atoms with Crippen LogP contribution in [0.3, 0.4) is 0 Å². The molecule has 0 aliphatic rings. The van der Waals surface area contributed by atoms with E-state index in [1.807, 2.05) is 0 Å². The first-order valence-electron chi connectivity index (χ1n) is 8.07. The van der Waals surface area contributed by atoms with Crippen molar-refractivity contribution >= 4 is 23.8 Å². The number of carboxylic acids is 2. The maximum Gasteiger partial charge on any atom is 0.326 e. The average Bonchev–Trinajstić information content (AvgIpc) is 2.55. The summed E-state index contributed by atoms with van der Waals surface area (Å²) < 4.78 is 0. The highest BCUT2D eigenvalue weighted by atomic mass is 16.4. The number of carboxylic acid groups (broad SMARTS) is 2. The summed E-state index contributed by atoms with van der Waals surface area (Å²) in [5.74, 6) is -4.39. The molecule has 2 atom stereocenters. The number of rotatable bonds is 8. The Hall–Kier alpha value is -2.97. The maximum absolute atomic E-state index is 12.2. The summed E-state index contributed by atoms with van der Waals surface area (Å²) in [6.45, 7) is 6.61. The van der Waals surface area contributed by atoms with Crippen molar-refractivity contribution in [2.24, 2.45) is 11.8 Å². The van der Waals surface area contributed by atoms with Crippen LogP contribution in [0.25, 0.3) is 0 Å². The fourth-order valence-corrected chi connectivity index (χ4v) is 2.16. The summed E-state index contributed by atoms with van der Waals surface area (Å²) in [6, 6.07) is -0.939. The molecule has 0 radical (unpaired) electrons. The number of nitrogens with one attached hydrogen (secondary N) is 2. The smallest absolute Gasteiger partial charge is 0.326 e. The third-order valence-corrected chi connectivity index (χ3v) is 3.70. The van der Waals surface area contributed by atoms with Crippen LogP contribution in [0.2, 0.25) is 0 Å². The second-order valence-corrected chi connectivity index (χ2v) is 6.53. The molecule has 142 valence electrons. The number of hydrogen-bond donors (Lipinski definition) is 4. The molecule has 0 aliphatic heterocycles. The molecule has 1 aromatic rings. The number of amides is 2. The first-order valence-corrected chi connectivity index (χ1v) is 8.07. The molecular formula is C17H23N3O6. The molecule has 0 spiro atoms.